The number of phenols is 1. The Bertz CT molecular complexity index is 828. The zero-order valence-electron chi connectivity index (χ0n) is 15.9. The number of nitrogens with zero attached hydrogens (tertiary/aromatic N) is 1. The summed E-state index contributed by atoms with van der Waals surface area (Å²) in [5.41, 5.74) is 4.46. The van der Waals surface area contributed by atoms with Gasteiger partial charge in [0.2, 0.25) is 0 Å². The van der Waals surface area contributed by atoms with E-state index in [9.17, 15) is 9.90 Å². The summed E-state index contributed by atoms with van der Waals surface area (Å²) in [7, 11) is 0. The summed E-state index contributed by atoms with van der Waals surface area (Å²) in [6.07, 6.45) is 4.47. The van der Waals surface area contributed by atoms with E-state index in [1.54, 1.807) is 12.1 Å². The van der Waals surface area contributed by atoms with Crippen molar-refractivity contribution in [3.05, 3.63) is 58.7 Å². The van der Waals surface area contributed by atoms with Crippen LogP contribution < -0.4 is 4.74 Å². The molecule has 2 aromatic carbocycles. The molecular formula is C23H27NO3. The zero-order valence-corrected chi connectivity index (χ0v) is 15.9. The molecule has 1 aliphatic carbocycles. The molecule has 1 aliphatic heterocycles. The van der Waals surface area contributed by atoms with E-state index in [0.717, 1.165) is 55.6 Å². The Morgan fingerprint density at radius 2 is 1.93 bits per heavy atom. The van der Waals surface area contributed by atoms with Crippen molar-refractivity contribution in [2.75, 3.05) is 19.7 Å². The van der Waals surface area contributed by atoms with Gasteiger partial charge in [-0.2, -0.15) is 0 Å². The van der Waals surface area contributed by atoms with Gasteiger partial charge < -0.3 is 9.84 Å². The van der Waals surface area contributed by atoms with Crippen molar-refractivity contribution in [3.8, 4) is 11.5 Å². The van der Waals surface area contributed by atoms with Gasteiger partial charge in [0.25, 0.3) is 0 Å². The Labute approximate surface area is 160 Å². The van der Waals surface area contributed by atoms with Crippen LogP contribution in [0.2, 0.25) is 0 Å². The van der Waals surface area contributed by atoms with Crippen molar-refractivity contribution in [3.63, 3.8) is 0 Å². The van der Waals surface area contributed by atoms with Gasteiger partial charge in [-0.1, -0.05) is 19.1 Å². The van der Waals surface area contributed by atoms with Gasteiger partial charge in [0.05, 0.1) is 0 Å². The van der Waals surface area contributed by atoms with Crippen LogP contribution in [-0.4, -0.2) is 41.5 Å². The van der Waals surface area contributed by atoms with E-state index < -0.39 is 0 Å². The second kappa shape index (κ2) is 7.73. The maximum atomic E-state index is 12.1. The van der Waals surface area contributed by atoms with E-state index in [1.807, 2.05) is 12.1 Å². The Morgan fingerprint density at radius 1 is 1.11 bits per heavy atom. The van der Waals surface area contributed by atoms with Crippen LogP contribution in [0, 0.1) is 0 Å². The SMILES string of the molecule is CCCN(CCc1ccc(O)cc1)C1COc2cc3c(cc2C1)C(=O)CC3. The van der Waals surface area contributed by atoms with Gasteiger partial charge in [0.15, 0.2) is 5.78 Å². The lowest BCUT2D eigenvalue weighted by molar-refractivity contribution is 0.0994. The molecule has 0 radical (unpaired) electrons. The van der Waals surface area contributed by atoms with Crippen LogP contribution in [0.4, 0.5) is 0 Å². The van der Waals surface area contributed by atoms with Crippen LogP contribution in [0.15, 0.2) is 36.4 Å². The van der Waals surface area contributed by atoms with Gasteiger partial charge >= 0.3 is 0 Å². The fourth-order valence-corrected chi connectivity index (χ4v) is 4.24. The maximum Gasteiger partial charge on any atom is 0.163 e. The van der Waals surface area contributed by atoms with Crippen molar-refractivity contribution in [2.45, 2.75) is 45.1 Å². The summed E-state index contributed by atoms with van der Waals surface area (Å²) in [4.78, 5) is 14.6. The predicted octanol–water partition coefficient (Wildman–Crippen LogP) is 3.78. The second-order valence-corrected chi connectivity index (χ2v) is 7.66. The highest BCUT2D eigenvalue weighted by Crippen LogP contribution is 2.33. The third-order valence-corrected chi connectivity index (χ3v) is 5.75. The first-order valence-corrected chi connectivity index (χ1v) is 9.98. The van der Waals surface area contributed by atoms with Gasteiger partial charge in [0.1, 0.15) is 18.1 Å². The predicted molar refractivity (Wildman–Crippen MR) is 106 cm³/mol. The topological polar surface area (TPSA) is 49.8 Å². The van der Waals surface area contributed by atoms with Gasteiger partial charge in [-0.3, -0.25) is 9.69 Å². The minimum Gasteiger partial charge on any atom is -0.508 e. The van der Waals surface area contributed by atoms with E-state index in [-0.39, 0.29) is 5.78 Å². The van der Waals surface area contributed by atoms with Crippen LogP contribution in [0.25, 0.3) is 0 Å². The highest BCUT2D eigenvalue weighted by atomic mass is 16.5. The number of ketones is 1. The first-order chi connectivity index (χ1) is 13.1. The molecule has 2 aromatic rings. The number of hydrogen-bond acceptors (Lipinski definition) is 4. The molecule has 0 aromatic heterocycles. The summed E-state index contributed by atoms with van der Waals surface area (Å²) in [6.45, 7) is 4.91. The summed E-state index contributed by atoms with van der Waals surface area (Å²) >= 11 is 0. The number of fused-ring (bicyclic) bond motifs is 2. The molecule has 4 heteroatoms. The smallest absolute Gasteiger partial charge is 0.163 e. The molecule has 1 atom stereocenters. The molecular weight excluding hydrogens is 338 g/mol. The Kier molecular flexibility index (Phi) is 5.17. The number of carbonyl (C=O) groups excluding carboxylic acids is 1. The highest BCUT2D eigenvalue weighted by Gasteiger charge is 2.28. The number of carbonyl (C=O) groups is 1. The number of aromatic hydroxyl groups is 1. The Balaban J connectivity index is 1.47. The van der Waals surface area contributed by atoms with Gasteiger partial charge in [-0.25, -0.2) is 0 Å². The summed E-state index contributed by atoms with van der Waals surface area (Å²) < 4.78 is 6.11. The zero-order chi connectivity index (χ0) is 18.8. The minimum absolute atomic E-state index is 0.271. The van der Waals surface area contributed by atoms with Gasteiger partial charge in [-0.05, 0) is 73.2 Å². The maximum absolute atomic E-state index is 12.1. The Morgan fingerprint density at radius 3 is 2.70 bits per heavy atom. The Hall–Kier alpha value is -2.33. The fraction of sp³-hybridized carbons (Fsp3) is 0.435. The molecule has 0 spiro atoms. The fourth-order valence-electron chi connectivity index (χ4n) is 4.24. The molecule has 0 fully saturated rings. The van der Waals surface area contributed by atoms with E-state index in [0.29, 0.717) is 24.8 Å². The monoisotopic (exact) mass is 365 g/mol. The largest absolute Gasteiger partial charge is 0.508 e. The van der Waals surface area contributed by atoms with Crippen molar-refractivity contribution in [2.24, 2.45) is 0 Å². The van der Waals surface area contributed by atoms with Crippen LogP contribution >= 0.6 is 0 Å². The lowest BCUT2D eigenvalue weighted by Gasteiger charge is -2.35. The number of aryl methyl sites for hydroxylation is 1. The molecule has 1 unspecified atom stereocenters. The molecule has 1 heterocycles. The molecule has 4 rings (SSSR count). The van der Waals surface area contributed by atoms with Crippen molar-refractivity contribution in [1.82, 2.24) is 4.90 Å². The molecule has 0 amide bonds. The van der Waals surface area contributed by atoms with E-state index >= 15 is 0 Å². The normalized spacial score (nSPS) is 18.3. The minimum atomic E-state index is 0.271. The first kappa shape index (κ1) is 18.1. The lowest BCUT2D eigenvalue weighted by atomic mass is 9.96. The summed E-state index contributed by atoms with van der Waals surface area (Å²) in [5, 5.41) is 9.45. The lowest BCUT2D eigenvalue weighted by Crippen LogP contribution is -2.44. The standard InChI is InChI=1S/C23H27NO3/c1-2-10-24(11-9-16-3-6-20(25)7-4-16)19-12-18-13-21-17(5-8-22(21)26)14-23(18)27-15-19/h3-4,6-7,13-14,19,25H,2,5,8-12,15H2,1H3. The number of benzene rings is 2. The summed E-state index contributed by atoms with van der Waals surface area (Å²) in [6, 6.07) is 12.0. The summed E-state index contributed by atoms with van der Waals surface area (Å²) in [5.74, 6) is 1.55. The van der Waals surface area contributed by atoms with Crippen LogP contribution in [0.3, 0.4) is 0 Å². The highest BCUT2D eigenvalue weighted by molar-refractivity contribution is 6.00. The van der Waals surface area contributed by atoms with Crippen LogP contribution in [0.5, 0.6) is 11.5 Å². The van der Waals surface area contributed by atoms with Crippen molar-refractivity contribution < 1.29 is 14.6 Å². The average Bonchev–Trinajstić information content (AvgIpc) is 3.04. The van der Waals surface area contributed by atoms with Gasteiger partial charge in [0, 0.05) is 24.6 Å². The van der Waals surface area contributed by atoms with Crippen LogP contribution in [-0.2, 0) is 19.3 Å². The molecule has 142 valence electrons. The molecule has 0 bridgehead atoms. The first-order valence-electron chi connectivity index (χ1n) is 9.98. The quantitative estimate of drug-likeness (QED) is 0.846. The molecule has 4 nitrogen and oxygen atoms in total. The average molecular weight is 365 g/mol. The molecule has 1 N–H and O–H groups in total. The molecule has 27 heavy (non-hydrogen) atoms. The number of Topliss-reactive ketones (excluding diaryl/α,β-unsaturated/α-hetero) is 1. The van der Waals surface area contributed by atoms with E-state index in [2.05, 4.69) is 24.0 Å². The number of phenolic OH excluding ortho intramolecular Hbond substituents is 1. The second-order valence-electron chi connectivity index (χ2n) is 7.66. The van der Waals surface area contributed by atoms with Gasteiger partial charge in [-0.15, -0.1) is 0 Å². The third-order valence-electron chi connectivity index (χ3n) is 5.75. The van der Waals surface area contributed by atoms with Crippen molar-refractivity contribution >= 4 is 5.78 Å². The van der Waals surface area contributed by atoms with Crippen molar-refractivity contribution in [1.29, 1.82) is 0 Å². The number of rotatable bonds is 6. The number of ether oxygens (including phenoxy) is 1. The van der Waals surface area contributed by atoms with E-state index in [1.165, 1.54) is 11.1 Å². The third kappa shape index (κ3) is 3.86. The number of hydrogen-bond donors (Lipinski definition) is 1. The van der Waals surface area contributed by atoms with Crippen LogP contribution in [0.1, 0.15) is 46.8 Å². The molecule has 0 saturated heterocycles. The molecule has 0 saturated carbocycles. The molecule has 2 aliphatic rings. The van der Waals surface area contributed by atoms with E-state index in [4.69, 9.17) is 4.74 Å².